The van der Waals surface area contributed by atoms with Crippen LogP contribution in [0, 0.1) is 18.2 Å². The fourth-order valence-corrected chi connectivity index (χ4v) is 1.49. The Balaban J connectivity index is 2.67. The van der Waals surface area contributed by atoms with Crippen LogP contribution in [0.15, 0.2) is 18.3 Å². The van der Waals surface area contributed by atoms with Gasteiger partial charge in [-0.3, -0.25) is 4.98 Å². The van der Waals surface area contributed by atoms with Crippen molar-refractivity contribution in [3.63, 3.8) is 0 Å². The molecule has 3 heteroatoms. The highest BCUT2D eigenvalue weighted by molar-refractivity contribution is 5.10. The van der Waals surface area contributed by atoms with E-state index in [0.29, 0.717) is 6.42 Å². The van der Waals surface area contributed by atoms with Gasteiger partial charge in [-0.1, -0.05) is 6.92 Å². The van der Waals surface area contributed by atoms with Gasteiger partial charge in [-0.15, -0.1) is 12.3 Å². The van der Waals surface area contributed by atoms with Crippen LogP contribution in [0.3, 0.4) is 0 Å². The minimum Gasteiger partial charge on any atom is -0.309 e. The molecule has 1 aromatic rings. The molecule has 1 rings (SSSR count). The predicted molar refractivity (Wildman–Crippen MR) is 63.3 cm³/mol. The zero-order chi connectivity index (χ0) is 11.8. The van der Waals surface area contributed by atoms with E-state index in [-0.39, 0.29) is 11.9 Å². The van der Waals surface area contributed by atoms with Gasteiger partial charge in [0.15, 0.2) is 0 Å². The van der Waals surface area contributed by atoms with E-state index in [9.17, 15) is 4.39 Å². The molecule has 0 aliphatic heterocycles. The van der Waals surface area contributed by atoms with Crippen molar-refractivity contribution in [3.05, 3.63) is 29.8 Å². The molecule has 2 nitrogen and oxygen atoms in total. The molecule has 0 spiro atoms. The molecular weight excluding hydrogens is 203 g/mol. The number of rotatable bonds is 6. The maximum Gasteiger partial charge on any atom is 0.141 e. The monoisotopic (exact) mass is 220 g/mol. The summed E-state index contributed by atoms with van der Waals surface area (Å²) in [4.78, 5) is 4.08. The van der Waals surface area contributed by atoms with E-state index >= 15 is 0 Å². The lowest BCUT2D eigenvalue weighted by Gasteiger charge is -2.16. The highest BCUT2D eigenvalue weighted by Crippen LogP contribution is 2.16. The highest BCUT2D eigenvalue weighted by atomic mass is 19.1. The van der Waals surface area contributed by atoms with Crippen LogP contribution < -0.4 is 5.32 Å². The molecule has 0 saturated heterocycles. The maximum atomic E-state index is 12.7. The maximum absolute atomic E-state index is 12.7. The summed E-state index contributed by atoms with van der Waals surface area (Å²) in [6.45, 7) is 3.01. The zero-order valence-electron chi connectivity index (χ0n) is 9.54. The molecule has 0 amide bonds. The number of halogens is 1. The molecule has 16 heavy (non-hydrogen) atoms. The van der Waals surface area contributed by atoms with Crippen LogP contribution in [-0.2, 0) is 0 Å². The summed E-state index contributed by atoms with van der Waals surface area (Å²) in [5, 5.41) is 3.36. The summed E-state index contributed by atoms with van der Waals surface area (Å²) in [5.74, 6) is 2.30. The van der Waals surface area contributed by atoms with E-state index < -0.39 is 0 Å². The molecule has 1 aromatic heterocycles. The second-order valence-electron chi connectivity index (χ2n) is 3.65. The lowest BCUT2D eigenvalue weighted by atomic mass is 10.1. The van der Waals surface area contributed by atoms with Crippen molar-refractivity contribution in [1.29, 1.82) is 0 Å². The van der Waals surface area contributed by atoms with Gasteiger partial charge in [0.05, 0.1) is 17.9 Å². The summed E-state index contributed by atoms with van der Waals surface area (Å²) in [5.41, 5.74) is 0.852. The summed E-state index contributed by atoms with van der Waals surface area (Å²) >= 11 is 0. The van der Waals surface area contributed by atoms with E-state index in [1.807, 2.05) is 0 Å². The first-order valence-corrected chi connectivity index (χ1v) is 5.56. The van der Waals surface area contributed by atoms with Crippen molar-refractivity contribution in [2.24, 2.45) is 0 Å². The average molecular weight is 220 g/mol. The van der Waals surface area contributed by atoms with Gasteiger partial charge in [-0.25, -0.2) is 4.39 Å². The SMILES string of the molecule is C#CCCC(NCCC)c1ccc(F)cn1. The van der Waals surface area contributed by atoms with Gasteiger partial charge in [-0.2, -0.15) is 0 Å². The molecule has 1 unspecified atom stereocenters. The number of aromatic nitrogens is 1. The number of nitrogens with one attached hydrogen (secondary N) is 1. The van der Waals surface area contributed by atoms with E-state index in [1.54, 1.807) is 6.07 Å². The minimum absolute atomic E-state index is 0.122. The van der Waals surface area contributed by atoms with Gasteiger partial charge >= 0.3 is 0 Å². The number of hydrogen-bond donors (Lipinski definition) is 1. The second kappa shape index (κ2) is 6.97. The van der Waals surface area contributed by atoms with Gasteiger partial charge in [0, 0.05) is 6.42 Å². The Morgan fingerprint density at radius 3 is 2.94 bits per heavy atom. The smallest absolute Gasteiger partial charge is 0.141 e. The van der Waals surface area contributed by atoms with E-state index in [4.69, 9.17) is 6.42 Å². The minimum atomic E-state index is -0.310. The van der Waals surface area contributed by atoms with Crippen molar-refractivity contribution >= 4 is 0 Å². The Hall–Kier alpha value is -1.40. The van der Waals surface area contributed by atoms with Gasteiger partial charge in [-0.05, 0) is 31.5 Å². The van der Waals surface area contributed by atoms with Crippen molar-refractivity contribution in [2.75, 3.05) is 6.54 Å². The van der Waals surface area contributed by atoms with Crippen molar-refractivity contribution < 1.29 is 4.39 Å². The molecule has 1 atom stereocenters. The van der Waals surface area contributed by atoms with Gasteiger partial charge in [0.25, 0.3) is 0 Å². The highest BCUT2D eigenvalue weighted by Gasteiger charge is 2.10. The molecule has 1 heterocycles. The first kappa shape index (κ1) is 12.7. The van der Waals surface area contributed by atoms with Crippen LogP contribution in [0.2, 0.25) is 0 Å². The Labute approximate surface area is 96.3 Å². The first-order valence-electron chi connectivity index (χ1n) is 5.56. The molecule has 1 N–H and O–H groups in total. The Morgan fingerprint density at radius 1 is 1.56 bits per heavy atom. The molecule has 0 aliphatic rings. The Bertz CT molecular complexity index is 340. The molecule has 0 aliphatic carbocycles. The fraction of sp³-hybridized carbons (Fsp3) is 0.462. The fourth-order valence-electron chi connectivity index (χ4n) is 1.49. The number of terminal acetylenes is 1. The number of nitrogens with zero attached hydrogens (tertiary/aromatic N) is 1. The Morgan fingerprint density at radius 2 is 2.38 bits per heavy atom. The van der Waals surface area contributed by atoms with E-state index in [2.05, 4.69) is 23.1 Å². The van der Waals surface area contributed by atoms with Crippen molar-refractivity contribution in [3.8, 4) is 12.3 Å². The van der Waals surface area contributed by atoms with E-state index in [0.717, 1.165) is 25.1 Å². The van der Waals surface area contributed by atoms with Gasteiger partial charge in [0.2, 0.25) is 0 Å². The number of hydrogen-bond acceptors (Lipinski definition) is 2. The zero-order valence-corrected chi connectivity index (χ0v) is 9.54. The van der Waals surface area contributed by atoms with E-state index in [1.165, 1.54) is 12.3 Å². The van der Waals surface area contributed by atoms with Crippen LogP contribution in [0.25, 0.3) is 0 Å². The van der Waals surface area contributed by atoms with Crippen LogP contribution in [0.4, 0.5) is 4.39 Å². The third kappa shape index (κ3) is 4.00. The normalized spacial score (nSPS) is 12.1. The second-order valence-corrected chi connectivity index (χ2v) is 3.65. The summed E-state index contributed by atoms with van der Waals surface area (Å²) in [7, 11) is 0. The topological polar surface area (TPSA) is 24.9 Å². The van der Waals surface area contributed by atoms with Crippen LogP contribution in [0.5, 0.6) is 0 Å². The van der Waals surface area contributed by atoms with Crippen LogP contribution in [0.1, 0.15) is 37.9 Å². The van der Waals surface area contributed by atoms with Crippen molar-refractivity contribution in [1.82, 2.24) is 10.3 Å². The largest absolute Gasteiger partial charge is 0.309 e. The third-order valence-electron chi connectivity index (χ3n) is 2.33. The lowest BCUT2D eigenvalue weighted by molar-refractivity contribution is 0.492. The molecule has 86 valence electrons. The Kier molecular flexibility index (Phi) is 5.52. The standard InChI is InChI=1S/C13H17FN2/c1-3-5-6-12(15-9-4-2)13-8-7-11(14)10-16-13/h1,7-8,10,12,15H,4-6,9H2,2H3. The average Bonchev–Trinajstić information content (AvgIpc) is 2.31. The molecular formula is C13H17FN2. The first-order chi connectivity index (χ1) is 7.77. The molecule has 0 fully saturated rings. The summed E-state index contributed by atoms with van der Waals surface area (Å²) in [6, 6.07) is 3.26. The quantitative estimate of drug-likeness (QED) is 0.745. The van der Waals surface area contributed by atoms with Crippen LogP contribution >= 0.6 is 0 Å². The third-order valence-corrected chi connectivity index (χ3v) is 2.33. The molecule has 0 bridgehead atoms. The van der Waals surface area contributed by atoms with Gasteiger partial charge in [0.1, 0.15) is 5.82 Å². The lowest BCUT2D eigenvalue weighted by Crippen LogP contribution is -2.23. The van der Waals surface area contributed by atoms with Crippen molar-refractivity contribution in [2.45, 2.75) is 32.2 Å². The summed E-state index contributed by atoms with van der Waals surface area (Å²) < 4.78 is 12.7. The van der Waals surface area contributed by atoms with Gasteiger partial charge < -0.3 is 5.32 Å². The predicted octanol–water partition coefficient (Wildman–Crippen LogP) is 2.67. The molecule has 0 aromatic carbocycles. The van der Waals surface area contributed by atoms with Crippen LogP contribution in [-0.4, -0.2) is 11.5 Å². The number of pyridine rings is 1. The summed E-state index contributed by atoms with van der Waals surface area (Å²) in [6.07, 6.45) is 9.06. The molecule has 0 radical (unpaired) electrons. The molecule has 0 saturated carbocycles.